The predicted octanol–water partition coefficient (Wildman–Crippen LogP) is -2.11. The van der Waals surface area contributed by atoms with Crippen molar-refractivity contribution in [2.75, 3.05) is 50.6 Å². The molecule has 1 aliphatic heterocycles. The van der Waals surface area contributed by atoms with Gasteiger partial charge in [-0.15, -0.1) is 0 Å². The number of rotatable bonds is 5. The van der Waals surface area contributed by atoms with Gasteiger partial charge < -0.3 is 5.73 Å². The van der Waals surface area contributed by atoms with Gasteiger partial charge >= 0.3 is 0 Å². The van der Waals surface area contributed by atoms with Crippen LogP contribution in [0.3, 0.4) is 0 Å². The molecule has 0 aromatic heterocycles. The molecule has 1 rings (SSSR count). The Kier molecular flexibility index (Phi) is 4.90. The summed E-state index contributed by atoms with van der Waals surface area (Å²) in [4.78, 5) is 2.06. The van der Waals surface area contributed by atoms with E-state index in [-0.39, 0.29) is 0 Å². The van der Waals surface area contributed by atoms with Crippen LogP contribution in [0.1, 0.15) is 0 Å². The van der Waals surface area contributed by atoms with E-state index in [1.807, 2.05) is 0 Å². The van der Waals surface area contributed by atoms with Gasteiger partial charge in [0.05, 0.1) is 0 Å². The first-order valence-electron chi connectivity index (χ1n) is 5.32. The summed E-state index contributed by atoms with van der Waals surface area (Å²) in [5, 5.41) is -0.809. The fourth-order valence-corrected chi connectivity index (χ4v) is 5.24. The van der Waals surface area contributed by atoms with E-state index in [1.54, 1.807) is 0 Å². The Labute approximate surface area is 103 Å². The van der Waals surface area contributed by atoms with Crippen LogP contribution in [-0.4, -0.2) is 76.6 Å². The highest BCUT2D eigenvalue weighted by Crippen LogP contribution is 2.09. The number of nitrogens with two attached hydrogens (primary N) is 1. The van der Waals surface area contributed by atoms with Crippen molar-refractivity contribution in [3.63, 3.8) is 0 Å². The first-order chi connectivity index (χ1) is 7.74. The van der Waals surface area contributed by atoms with Crippen molar-refractivity contribution in [3.8, 4) is 0 Å². The quantitative estimate of drug-likeness (QED) is 0.621. The third-order valence-electron chi connectivity index (χ3n) is 2.53. The summed E-state index contributed by atoms with van der Waals surface area (Å²) in [6.07, 6.45) is 0.926. The van der Waals surface area contributed by atoms with Gasteiger partial charge in [0.15, 0.2) is 14.9 Å². The van der Waals surface area contributed by atoms with Crippen LogP contribution in [0.5, 0.6) is 0 Å². The van der Waals surface area contributed by atoms with Crippen molar-refractivity contribution in [3.05, 3.63) is 0 Å². The molecule has 102 valence electrons. The number of hydrogen-bond acceptors (Lipinski definition) is 6. The maximum absolute atomic E-state index is 11.8. The molecule has 0 aromatic rings. The average molecular weight is 285 g/mol. The Morgan fingerprint density at radius 2 is 1.59 bits per heavy atom. The van der Waals surface area contributed by atoms with Gasteiger partial charge in [0.1, 0.15) is 0 Å². The summed E-state index contributed by atoms with van der Waals surface area (Å²) in [5.41, 5.74) is 5.41. The molecule has 0 unspecified atom stereocenters. The van der Waals surface area contributed by atoms with Crippen molar-refractivity contribution < 1.29 is 16.8 Å². The molecule has 0 radical (unpaired) electrons. The Bertz CT molecular complexity index is 437. The highest BCUT2D eigenvalue weighted by atomic mass is 32.3. The van der Waals surface area contributed by atoms with Crippen molar-refractivity contribution >= 4 is 19.9 Å². The number of piperazine rings is 1. The van der Waals surface area contributed by atoms with Gasteiger partial charge in [0, 0.05) is 45.5 Å². The molecule has 7 nitrogen and oxygen atoms in total. The second kappa shape index (κ2) is 5.61. The van der Waals surface area contributed by atoms with Crippen LogP contribution in [-0.2, 0) is 19.9 Å². The van der Waals surface area contributed by atoms with Crippen LogP contribution in [0.4, 0.5) is 0 Å². The second-order valence-electron chi connectivity index (χ2n) is 4.18. The van der Waals surface area contributed by atoms with Gasteiger partial charge in [0.25, 0.3) is 0 Å². The maximum Gasteiger partial charge on any atom is 0.228 e. The summed E-state index contributed by atoms with van der Waals surface area (Å²) < 4.78 is 46.8. The molecule has 9 heteroatoms. The van der Waals surface area contributed by atoms with E-state index in [9.17, 15) is 16.8 Å². The van der Waals surface area contributed by atoms with E-state index in [0.717, 1.165) is 12.8 Å². The second-order valence-corrected chi connectivity index (χ2v) is 8.66. The van der Waals surface area contributed by atoms with Gasteiger partial charge in [-0.3, -0.25) is 4.90 Å². The lowest BCUT2D eigenvalue weighted by Gasteiger charge is -2.33. The van der Waals surface area contributed by atoms with Crippen molar-refractivity contribution in [1.29, 1.82) is 0 Å². The largest absolute Gasteiger partial charge is 0.329 e. The fourth-order valence-electron chi connectivity index (χ4n) is 1.76. The molecule has 1 aliphatic rings. The summed E-state index contributed by atoms with van der Waals surface area (Å²) in [6, 6.07) is 0. The lowest BCUT2D eigenvalue weighted by atomic mass is 10.3. The van der Waals surface area contributed by atoms with Crippen molar-refractivity contribution in [1.82, 2.24) is 9.21 Å². The highest BCUT2D eigenvalue weighted by molar-refractivity contribution is 8.06. The first-order valence-corrected chi connectivity index (χ1v) is 8.99. The molecule has 0 amide bonds. The number of hydrogen-bond donors (Lipinski definition) is 1. The zero-order valence-electron chi connectivity index (χ0n) is 9.87. The van der Waals surface area contributed by atoms with E-state index in [4.69, 9.17) is 5.73 Å². The summed E-state index contributed by atoms with van der Waals surface area (Å²) in [5.74, 6) is 0. The van der Waals surface area contributed by atoms with Crippen molar-refractivity contribution in [2.45, 2.75) is 0 Å². The summed E-state index contributed by atoms with van der Waals surface area (Å²) in [6.45, 7) is 3.13. The Morgan fingerprint density at radius 1 is 1.06 bits per heavy atom. The minimum absolute atomic E-state index is 0.331. The number of sulfonamides is 1. The SMILES string of the molecule is CS(=O)(=O)CS(=O)(=O)N1CCN(CCN)CC1. The maximum atomic E-state index is 11.8. The molecule has 2 N–H and O–H groups in total. The zero-order valence-corrected chi connectivity index (χ0v) is 11.5. The van der Waals surface area contributed by atoms with Gasteiger partial charge in [-0.25, -0.2) is 16.8 Å². The standard InChI is InChI=1S/C8H19N3O4S2/c1-16(12,13)8-17(14,15)11-6-4-10(3-2-9)5-7-11/h2-9H2,1H3. The van der Waals surface area contributed by atoms with Gasteiger partial charge in [-0.2, -0.15) is 4.31 Å². The first kappa shape index (κ1) is 14.8. The van der Waals surface area contributed by atoms with Crippen LogP contribution < -0.4 is 5.73 Å². The summed E-state index contributed by atoms with van der Waals surface area (Å²) >= 11 is 0. The molecule has 0 aliphatic carbocycles. The van der Waals surface area contributed by atoms with Crippen LogP contribution in [0.2, 0.25) is 0 Å². The molecule has 0 spiro atoms. The van der Waals surface area contributed by atoms with E-state index < -0.39 is 24.9 Å². The number of sulfone groups is 1. The molecule has 0 saturated carbocycles. The predicted molar refractivity (Wildman–Crippen MR) is 65.7 cm³/mol. The topological polar surface area (TPSA) is 101 Å². The smallest absolute Gasteiger partial charge is 0.228 e. The minimum Gasteiger partial charge on any atom is -0.329 e. The van der Waals surface area contributed by atoms with Crippen LogP contribution in [0, 0.1) is 0 Å². The molecule has 1 heterocycles. The van der Waals surface area contributed by atoms with Crippen LogP contribution in [0.25, 0.3) is 0 Å². The van der Waals surface area contributed by atoms with Crippen LogP contribution in [0.15, 0.2) is 0 Å². The molecular formula is C8H19N3O4S2. The van der Waals surface area contributed by atoms with E-state index in [2.05, 4.69) is 4.90 Å². The van der Waals surface area contributed by atoms with E-state index in [0.29, 0.717) is 32.7 Å². The van der Waals surface area contributed by atoms with E-state index >= 15 is 0 Å². The van der Waals surface area contributed by atoms with Crippen LogP contribution >= 0.6 is 0 Å². The molecule has 1 saturated heterocycles. The molecule has 17 heavy (non-hydrogen) atoms. The third-order valence-corrected chi connectivity index (χ3v) is 6.59. The lowest BCUT2D eigenvalue weighted by Crippen LogP contribution is -2.50. The zero-order chi connectivity index (χ0) is 13.1. The Morgan fingerprint density at radius 3 is 2.00 bits per heavy atom. The molecular weight excluding hydrogens is 266 g/mol. The average Bonchev–Trinajstić information content (AvgIpc) is 2.15. The Hall–Kier alpha value is -0.220. The van der Waals surface area contributed by atoms with Crippen molar-refractivity contribution in [2.24, 2.45) is 5.73 Å². The minimum atomic E-state index is -3.69. The molecule has 0 bridgehead atoms. The van der Waals surface area contributed by atoms with Gasteiger partial charge in [-0.1, -0.05) is 0 Å². The van der Waals surface area contributed by atoms with E-state index in [1.165, 1.54) is 4.31 Å². The highest BCUT2D eigenvalue weighted by Gasteiger charge is 2.29. The normalized spacial score (nSPS) is 20.6. The summed E-state index contributed by atoms with van der Waals surface area (Å²) in [7, 11) is -7.21. The molecule has 1 fully saturated rings. The van der Waals surface area contributed by atoms with Gasteiger partial charge in [0.2, 0.25) is 10.0 Å². The third kappa shape index (κ3) is 4.88. The number of nitrogens with zero attached hydrogens (tertiary/aromatic N) is 2. The Balaban J connectivity index is 2.59. The molecule has 0 atom stereocenters. The van der Waals surface area contributed by atoms with Gasteiger partial charge in [-0.05, 0) is 0 Å². The molecule has 0 aromatic carbocycles. The fraction of sp³-hybridized carbons (Fsp3) is 1.00. The monoisotopic (exact) mass is 285 g/mol. The lowest BCUT2D eigenvalue weighted by molar-refractivity contribution is 0.193.